The molecule has 54 valence electrons. The molecule has 0 fully saturated rings. The van der Waals surface area contributed by atoms with Crippen molar-refractivity contribution < 1.29 is 15.0 Å². The molecular weight excluding hydrogens is 134 g/mol. The van der Waals surface area contributed by atoms with Gasteiger partial charge in [-0.15, -0.1) is 0 Å². The Morgan fingerprint density at radius 2 is 2.50 bits per heavy atom. The Morgan fingerprint density at radius 1 is 1.80 bits per heavy atom. The van der Waals surface area contributed by atoms with Gasteiger partial charge in [0.05, 0.1) is 0 Å². The van der Waals surface area contributed by atoms with Crippen LogP contribution in [0.2, 0.25) is 0 Å². The van der Waals surface area contributed by atoms with Crippen LogP contribution in [-0.2, 0) is 4.79 Å². The van der Waals surface area contributed by atoms with E-state index in [0.717, 1.165) is 0 Å². The largest absolute Gasteiger partial charge is 0.477 e. The lowest BCUT2D eigenvalue weighted by Crippen LogP contribution is -2.17. The zero-order valence-electron chi connectivity index (χ0n) is 5.19. The van der Waals surface area contributed by atoms with Gasteiger partial charge in [0.25, 0.3) is 0 Å². The van der Waals surface area contributed by atoms with E-state index >= 15 is 0 Å². The Balaban J connectivity index is 2.76. The number of rotatable bonds is 1. The van der Waals surface area contributed by atoms with Crippen molar-refractivity contribution >= 4 is 11.7 Å². The number of hydrogen-bond donors (Lipinski definition) is 2. The van der Waals surface area contributed by atoms with E-state index in [4.69, 9.17) is 10.2 Å². The van der Waals surface area contributed by atoms with Gasteiger partial charge in [-0.2, -0.15) is 0 Å². The summed E-state index contributed by atoms with van der Waals surface area (Å²) in [6.07, 6.45) is 2.49. The first-order valence-electron chi connectivity index (χ1n) is 2.86. The van der Waals surface area contributed by atoms with Gasteiger partial charge in [0.2, 0.25) is 0 Å². The summed E-state index contributed by atoms with van der Waals surface area (Å²) in [6, 6.07) is 0. The van der Waals surface area contributed by atoms with Crippen LogP contribution >= 0.6 is 0 Å². The van der Waals surface area contributed by atoms with Gasteiger partial charge in [0.15, 0.2) is 0 Å². The van der Waals surface area contributed by atoms with E-state index in [1.165, 1.54) is 6.08 Å². The lowest BCUT2D eigenvalue weighted by atomic mass is 10.2. The maximum absolute atomic E-state index is 10.2. The van der Waals surface area contributed by atoms with Gasteiger partial charge in [-0.05, 0) is 6.08 Å². The Bertz CT molecular complexity index is 207. The van der Waals surface area contributed by atoms with Crippen molar-refractivity contribution in [1.29, 1.82) is 0 Å². The highest BCUT2D eigenvalue weighted by Gasteiger charge is 2.11. The predicted octanol–water partition coefficient (Wildman–Crippen LogP) is -0.210. The molecule has 1 aliphatic rings. The number of carbonyl (C=O) groups is 1. The predicted molar refractivity (Wildman–Crippen MR) is 34.8 cm³/mol. The molecule has 0 spiro atoms. The fourth-order valence-electron chi connectivity index (χ4n) is 0.684. The molecule has 0 aromatic rings. The van der Waals surface area contributed by atoms with Gasteiger partial charge in [0.1, 0.15) is 11.9 Å². The van der Waals surface area contributed by atoms with Crippen LogP contribution in [0.1, 0.15) is 6.42 Å². The summed E-state index contributed by atoms with van der Waals surface area (Å²) in [5, 5.41) is 17.2. The van der Waals surface area contributed by atoms with E-state index in [1.54, 1.807) is 6.08 Å². The third-order valence-corrected chi connectivity index (χ3v) is 1.13. The first-order chi connectivity index (χ1) is 4.70. The number of carboxylic acid groups (broad SMARTS) is 1. The summed E-state index contributed by atoms with van der Waals surface area (Å²) in [7, 11) is 0. The first-order valence-corrected chi connectivity index (χ1v) is 2.86. The second kappa shape index (κ2) is 2.62. The van der Waals surface area contributed by atoms with Gasteiger partial charge in [-0.3, -0.25) is 0 Å². The van der Waals surface area contributed by atoms with E-state index in [0.29, 0.717) is 6.42 Å². The number of aliphatic imine (C=N–C) groups is 1. The van der Waals surface area contributed by atoms with Crippen molar-refractivity contribution in [1.82, 2.24) is 0 Å². The summed E-state index contributed by atoms with van der Waals surface area (Å²) in [4.78, 5) is 13.7. The second-order valence-corrected chi connectivity index (χ2v) is 1.94. The van der Waals surface area contributed by atoms with Gasteiger partial charge < -0.3 is 10.2 Å². The highest BCUT2D eigenvalue weighted by atomic mass is 16.4. The van der Waals surface area contributed by atoms with Gasteiger partial charge in [0, 0.05) is 6.42 Å². The minimum absolute atomic E-state index is 0.0845. The molecule has 0 bridgehead atoms. The highest BCUT2D eigenvalue weighted by molar-refractivity contribution is 6.40. The molecular formula is C6H7NO3. The zero-order valence-corrected chi connectivity index (χ0v) is 5.19. The Hall–Kier alpha value is -1.16. The van der Waals surface area contributed by atoms with Crippen LogP contribution in [0, 0.1) is 0 Å². The highest BCUT2D eigenvalue weighted by Crippen LogP contribution is 2.02. The number of nitrogens with zero attached hydrogens (tertiary/aromatic N) is 1. The third kappa shape index (κ3) is 1.41. The van der Waals surface area contributed by atoms with Crippen LogP contribution in [0.15, 0.2) is 17.1 Å². The lowest BCUT2D eigenvalue weighted by molar-refractivity contribution is -0.129. The lowest BCUT2D eigenvalue weighted by Gasteiger charge is -2.06. The number of aliphatic carboxylic acids is 1. The Labute approximate surface area is 57.5 Å². The molecule has 4 nitrogen and oxygen atoms in total. The molecule has 4 heteroatoms. The molecule has 10 heavy (non-hydrogen) atoms. The van der Waals surface area contributed by atoms with Crippen LogP contribution < -0.4 is 0 Å². The summed E-state index contributed by atoms with van der Waals surface area (Å²) >= 11 is 0. The van der Waals surface area contributed by atoms with Gasteiger partial charge in [-0.1, -0.05) is 6.08 Å². The molecule has 1 aliphatic heterocycles. The van der Waals surface area contributed by atoms with E-state index in [1.807, 2.05) is 0 Å². The Kier molecular flexibility index (Phi) is 1.82. The van der Waals surface area contributed by atoms with Crippen molar-refractivity contribution in [2.45, 2.75) is 12.6 Å². The molecule has 0 aliphatic carbocycles. The monoisotopic (exact) mass is 141 g/mol. The molecule has 1 unspecified atom stereocenters. The fourth-order valence-corrected chi connectivity index (χ4v) is 0.684. The average molecular weight is 141 g/mol. The van der Waals surface area contributed by atoms with Crippen LogP contribution in [0.3, 0.4) is 0 Å². The van der Waals surface area contributed by atoms with Crippen molar-refractivity contribution in [2.75, 3.05) is 0 Å². The molecule has 0 amide bonds. The smallest absolute Gasteiger partial charge is 0.354 e. The van der Waals surface area contributed by atoms with Gasteiger partial charge in [-0.25, -0.2) is 9.79 Å². The molecule has 1 heterocycles. The maximum Gasteiger partial charge on any atom is 0.354 e. The number of aliphatic hydroxyl groups excluding tert-OH is 1. The van der Waals surface area contributed by atoms with Crippen molar-refractivity contribution in [3.63, 3.8) is 0 Å². The molecule has 2 N–H and O–H groups in total. The van der Waals surface area contributed by atoms with E-state index in [2.05, 4.69) is 4.99 Å². The summed E-state index contributed by atoms with van der Waals surface area (Å²) in [6.45, 7) is 0. The Morgan fingerprint density at radius 3 is 2.90 bits per heavy atom. The molecule has 1 atom stereocenters. The minimum Gasteiger partial charge on any atom is -0.477 e. The standard InChI is InChI=1S/C6H7NO3/c8-5-3-1-2-4(7-5)6(9)10/h1-2,5,8H,3H2,(H,9,10). The van der Waals surface area contributed by atoms with Crippen LogP contribution in [0.5, 0.6) is 0 Å². The van der Waals surface area contributed by atoms with Crippen molar-refractivity contribution in [3.8, 4) is 0 Å². The molecule has 0 saturated carbocycles. The molecule has 1 rings (SSSR count). The second-order valence-electron chi connectivity index (χ2n) is 1.94. The van der Waals surface area contributed by atoms with Crippen molar-refractivity contribution in [2.24, 2.45) is 4.99 Å². The van der Waals surface area contributed by atoms with Crippen molar-refractivity contribution in [3.05, 3.63) is 12.2 Å². The van der Waals surface area contributed by atoms with E-state index < -0.39 is 12.2 Å². The summed E-state index contributed by atoms with van der Waals surface area (Å²) in [5.41, 5.74) is -0.0845. The molecule has 0 saturated heterocycles. The minimum atomic E-state index is -1.10. The number of hydrogen-bond acceptors (Lipinski definition) is 3. The normalized spacial score (nSPS) is 24.1. The van der Waals surface area contributed by atoms with Crippen LogP contribution in [0.25, 0.3) is 0 Å². The summed E-state index contributed by atoms with van der Waals surface area (Å²) < 4.78 is 0. The number of dihydropyridines is 1. The molecule has 0 radical (unpaired) electrons. The zero-order chi connectivity index (χ0) is 7.56. The van der Waals surface area contributed by atoms with E-state index in [-0.39, 0.29) is 5.71 Å². The average Bonchev–Trinajstić information content (AvgIpc) is 1.88. The quantitative estimate of drug-likeness (QED) is 0.530. The maximum atomic E-state index is 10.2. The topological polar surface area (TPSA) is 69.9 Å². The molecule has 0 aromatic carbocycles. The molecule has 0 aromatic heterocycles. The number of carboxylic acids is 1. The van der Waals surface area contributed by atoms with Gasteiger partial charge >= 0.3 is 5.97 Å². The summed E-state index contributed by atoms with van der Waals surface area (Å²) in [5.74, 6) is -1.10. The number of aliphatic hydroxyl groups is 1. The third-order valence-electron chi connectivity index (χ3n) is 1.13. The fraction of sp³-hybridized carbons (Fsp3) is 0.333. The first kappa shape index (κ1) is 6.95. The van der Waals surface area contributed by atoms with Crippen LogP contribution in [-0.4, -0.2) is 28.1 Å². The van der Waals surface area contributed by atoms with Crippen LogP contribution in [0.4, 0.5) is 0 Å². The van der Waals surface area contributed by atoms with E-state index in [9.17, 15) is 4.79 Å². The SMILES string of the molecule is O=C(O)C1=NC(O)CC=C1.